The van der Waals surface area contributed by atoms with Crippen molar-refractivity contribution >= 4 is 18.3 Å². The second-order valence-electron chi connectivity index (χ2n) is 6.87. The average Bonchev–Trinajstić information content (AvgIpc) is 2.29. The van der Waals surface area contributed by atoms with Crippen LogP contribution in [0.4, 0.5) is 0 Å². The predicted molar refractivity (Wildman–Crippen MR) is 83.0 cm³/mol. The number of hydrogen-bond acceptors (Lipinski definition) is 3. The Kier molecular flexibility index (Phi) is 6.29. The maximum Gasteiger partial charge on any atom is 0.223 e. The molecule has 1 saturated carbocycles. The van der Waals surface area contributed by atoms with E-state index in [9.17, 15) is 4.79 Å². The molecule has 3 atom stereocenters. The summed E-state index contributed by atoms with van der Waals surface area (Å²) in [6.07, 6.45) is 5.35. The maximum absolute atomic E-state index is 12.5. The molecule has 2 N–H and O–H groups in total. The highest BCUT2D eigenvalue weighted by Gasteiger charge is 2.35. The molecular formula is C15H29ClN2O2. The molecule has 118 valence electrons. The lowest BCUT2D eigenvalue weighted by molar-refractivity contribution is -0.159. The van der Waals surface area contributed by atoms with Gasteiger partial charge in [0.05, 0.1) is 11.7 Å². The zero-order valence-electron chi connectivity index (χ0n) is 12.9. The summed E-state index contributed by atoms with van der Waals surface area (Å²) >= 11 is 0. The van der Waals surface area contributed by atoms with Crippen LogP contribution in [0.1, 0.15) is 52.9 Å². The fourth-order valence-corrected chi connectivity index (χ4v) is 3.49. The standard InChI is InChI=1S/C15H28N2O2.ClH/c1-11-9-17(10-15(2,3)19-11)14(18)8-12-6-4-5-7-13(12)16;/h11-13H,4-10,16H2,1-3H3;1H. The van der Waals surface area contributed by atoms with Crippen LogP contribution in [0.25, 0.3) is 0 Å². The molecule has 20 heavy (non-hydrogen) atoms. The third-order valence-electron chi connectivity index (χ3n) is 4.33. The van der Waals surface area contributed by atoms with Crippen LogP contribution in [0.3, 0.4) is 0 Å². The first kappa shape index (κ1) is 17.7. The highest BCUT2D eigenvalue weighted by Crippen LogP contribution is 2.28. The van der Waals surface area contributed by atoms with Gasteiger partial charge in [-0.15, -0.1) is 12.4 Å². The van der Waals surface area contributed by atoms with E-state index >= 15 is 0 Å². The van der Waals surface area contributed by atoms with Crippen LogP contribution < -0.4 is 5.73 Å². The number of amides is 1. The number of carbonyl (C=O) groups excluding carboxylic acids is 1. The van der Waals surface area contributed by atoms with E-state index in [-0.39, 0.29) is 36.1 Å². The van der Waals surface area contributed by atoms with Crippen molar-refractivity contribution in [1.29, 1.82) is 0 Å². The highest BCUT2D eigenvalue weighted by molar-refractivity contribution is 5.85. The first-order valence-corrected chi connectivity index (χ1v) is 7.58. The molecule has 0 aromatic carbocycles. The van der Waals surface area contributed by atoms with Crippen LogP contribution in [0.15, 0.2) is 0 Å². The lowest BCUT2D eigenvalue weighted by atomic mass is 9.82. The number of halogens is 1. The molecule has 2 rings (SSSR count). The number of morpholine rings is 1. The Bertz CT molecular complexity index is 336. The van der Waals surface area contributed by atoms with E-state index in [1.165, 1.54) is 12.8 Å². The van der Waals surface area contributed by atoms with Gasteiger partial charge in [0, 0.05) is 25.6 Å². The fourth-order valence-electron chi connectivity index (χ4n) is 3.49. The minimum Gasteiger partial charge on any atom is -0.369 e. The third-order valence-corrected chi connectivity index (χ3v) is 4.33. The van der Waals surface area contributed by atoms with Gasteiger partial charge in [0.1, 0.15) is 0 Å². The number of hydrogen-bond donors (Lipinski definition) is 1. The number of carbonyl (C=O) groups is 1. The SMILES string of the molecule is CC1CN(C(=O)CC2CCCCC2N)CC(C)(C)O1.Cl. The Hall–Kier alpha value is -0.320. The number of rotatable bonds is 2. The quantitative estimate of drug-likeness (QED) is 0.852. The van der Waals surface area contributed by atoms with Crippen molar-refractivity contribution in [2.75, 3.05) is 13.1 Å². The van der Waals surface area contributed by atoms with Gasteiger partial charge in [-0.3, -0.25) is 4.79 Å². The average molecular weight is 305 g/mol. The fraction of sp³-hybridized carbons (Fsp3) is 0.933. The molecule has 0 radical (unpaired) electrons. The van der Waals surface area contributed by atoms with Crippen molar-refractivity contribution in [2.45, 2.75) is 70.6 Å². The molecule has 0 spiro atoms. The predicted octanol–water partition coefficient (Wildman–Crippen LogP) is 2.34. The molecule has 0 bridgehead atoms. The van der Waals surface area contributed by atoms with Crippen molar-refractivity contribution in [3.8, 4) is 0 Å². The molecule has 0 aromatic heterocycles. The minimum atomic E-state index is -0.234. The summed E-state index contributed by atoms with van der Waals surface area (Å²) in [6.45, 7) is 7.54. The second-order valence-corrected chi connectivity index (χ2v) is 6.87. The Morgan fingerprint density at radius 3 is 2.60 bits per heavy atom. The molecule has 3 unspecified atom stereocenters. The molecule has 2 fully saturated rings. The largest absolute Gasteiger partial charge is 0.369 e. The van der Waals surface area contributed by atoms with Crippen LogP contribution in [0, 0.1) is 5.92 Å². The van der Waals surface area contributed by atoms with Gasteiger partial charge in [-0.2, -0.15) is 0 Å². The third kappa shape index (κ3) is 4.61. The lowest BCUT2D eigenvalue weighted by Gasteiger charge is -2.42. The first-order chi connectivity index (χ1) is 8.87. The molecule has 5 heteroatoms. The van der Waals surface area contributed by atoms with Gasteiger partial charge in [-0.1, -0.05) is 12.8 Å². The van der Waals surface area contributed by atoms with E-state index in [1.807, 2.05) is 11.8 Å². The molecule has 1 saturated heterocycles. The maximum atomic E-state index is 12.5. The zero-order chi connectivity index (χ0) is 14.0. The molecule has 2 aliphatic rings. The van der Waals surface area contributed by atoms with Crippen molar-refractivity contribution < 1.29 is 9.53 Å². The van der Waals surface area contributed by atoms with Gasteiger partial charge in [-0.25, -0.2) is 0 Å². The van der Waals surface area contributed by atoms with Crippen molar-refractivity contribution in [3.05, 3.63) is 0 Å². The van der Waals surface area contributed by atoms with Crippen molar-refractivity contribution in [2.24, 2.45) is 11.7 Å². The highest BCUT2D eigenvalue weighted by atomic mass is 35.5. The summed E-state index contributed by atoms with van der Waals surface area (Å²) in [5, 5.41) is 0. The van der Waals surface area contributed by atoms with Crippen LogP contribution in [-0.2, 0) is 9.53 Å². The Morgan fingerprint density at radius 2 is 2.00 bits per heavy atom. The molecule has 1 aliphatic heterocycles. The lowest BCUT2D eigenvalue weighted by Crippen LogP contribution is -2.54. The monoisotopic (exact) mass is 304 g/mol. The van der Waals surface area contributed by atoms with E-state index in [1.54, 1.807) is 0 Å². The van der Waals surface area contributed by atoms with Crippen LogP contribution in [0.5, 0.6) is 0 Å². The molecule has 1 heterocycles. The van der Waals surface area contributed by atoms with Gasteiger partial charge < -0.3 is 15.4 Å². The molecule has 1 aliphatic carbocycles. The molecule has 4 nitrogen and oxygen atoms in total. The molecule has 0 aromatic rings. The Balaban J connectivity index is 0.00000200. The molecule has 1 amide bonds. The Labute approximate surface area is 128 Å². The molecular weight excluding hydrogens is 276 g/mol. The summed E-state index contributed by atoms with van der Waals surface area (Å²) in [5.74, 6) is 0.632. The summed E-state index contributed by atoms with van der Waals surface area (Å²) in [7, 11) is 0. The smallest absolute Gasteiger partial charge is 0.223 e. The number of nitrogens with zero attached hydrogens (tertiary/aromatic N) is 1. The van der Waals surface area contributed by atoms with Gasteiger partial charge in [0.15, 0.2) is 0 Å². The van der Waals surface area contributed by atoms with Gasteiger partial charge in [-0.05, 0) is 39.5 Å². The summed E-state index contributed by atoms with van der Waals surface area (Å²) in [4.78, 5) is 14.4. The van der Waals surface area contributed by atoms with Gasteiger partial charge in [0.2, 0.25) is 5.91 Å². The summed E-state index contributed by atoms with van der Waals surface area (Å²) in [6, 6.07) is 0.212. The van der Waals surface area contributed by atoms with E-state index in [2.05, 4.69) is 13.8 Å². The van der Waals surface area contributed by atoms with Gasteiger partial charge in [0.25, 0.3) is 0 Å². The van der Waals surface area contributed by atoms with Crippen molar-refractivity contribution in [1.82, 2.24) is 4.90 Å². The van der Waals surface area contributed by atoms with Gasteiger partial charge >= 0.3 is 0 Å². The van der Waals surface area contributed by atoms with E-state index in [0.29, 0.717) is 25.4 Å². The minimum absolute atomic E-state index is 0. The van der Waals surface area contributed by atoms with Crippen LogP contribution in [0.2, 0.25) is 0 Å². The normalized spacial score (nSPS) is 33.4. The number of nitrogens with two attached hydrogens (primary N) is 1. The van der Waals surface area contributed by atoms with E-state index in [4.69, 9.17) is 10.5 Å². The van der Waals surface area contributed by atoms with E-state index < -0.39 is 0 Å². The Morgan fingerprint density at radius 1 is 1.35 bits per heavy atom. The second kappa shape index (κ2) is 7.10. The first-order valence-electron chi connectivity index (χ1n) is 7.58. The number of ether oxygens (including phenoxy) is 1. The topological polar surface area (TPSA) is 55.6 Å². The zero-order valence-corrected chi connectivity index (χ0v) is 13.7. The van der Waals surface area contributed by atoms with Crippen LogP contribution in [-0.4, -0.2) is 41.6 Å². The summed E-state index contributed by atoms with van der Waals surface area (Å²) < 4.78 is 5.85. The summed E-state index contributed by atoms with van der Waals surface area (Å²) in [5.41, 5.74) is 5.91. The van der Waals surface area contributed by atoms with Crippen molar-refractivity contribution in [3.63, 3.8) is 0 Å². The van der Waals surface area contributed by atoms with E-state index in [0.717, 1.165) is 12.8 Å². The van der Waals surface area contributed by atoms with Crippen LogP contribution >= 0.6 is 12.4 Å².